The Morgan fingerprint density at radius 3 is 2.84 bits per heavy atom. The molecule has 1 aromatic rings. The molecular weight excluding hydrogens is 240 g/mol. The number of carbonyl (C=O) groups is 1. The van der Waals surface area contributed by atoms with Crippen LogP contribution in [0, 0.1) is 0 Å². The topological polar surface area (TPSA) is 45.5 Å². The fourth-order valence-electron chi connectivity index (χ4n) is 2.55. The van der Waals surface area contributed by atoms with Crippen LogP contribution in [0.15, 0.2) is 22.8 Å². The summed E-state index contributed by atoms with van der Waals surface area (Å²) in [5, 5.41) is 3.06. The van der Waals surface area contributed by atoms with Crippen molar-refractivity contribution in [3.05, 3.63) is 24.2 Å². The monoisotopic (exact) mass is 264 g/mol. The third-order valence-corrected chi connectivity index (χ3v) is 3.91. The quantitative estimate of drug-likeness (QED) is 0.884. The molecule has 2 amide bonds. The molecule has 1 aromatic heterocycles. The second-order valence-electron chi connectivity index (χ2n) is 5.40. The number of urea groups is 1. The van der Waals surface area contributed by atoms with Crippen LogP contribution in [0.25, 0.3) is 0 Å². The van der Waals surface area contributed by atoms with E-state index < -0.39 is 0 Å². The first kappa shape index (κ1) is 14.0. The van der Waals surface area contributed by atoms with Crippen LogP contribution in [0.5, 0.6) is 0 Å². The summed E-state index contributed by atoms with van der Waals surface area (Å²) >= 11 is 0. The molecule has 2 rings (SSSR count). The zero-order valence-corrected chi connectivity index (χ0v) is 11.9. The Labute approximate surface area is 115 Å². The molecule has 4 nitrogen and oxygen atoms in total. The summed E-state index contributed by atoms with van der Waals surface area (Å²) in [7, 11) is 0. The van der Waals surface area contributed by atoms with Crippen molar-refractivity contribution in [2.75, 3.05) is 0 Å². The van der Waals surface area contributed by atoms with E-state index in [0.29, 0.717) is 12.6 Å². The summed E-state index contributed by atoms with van der Waals surface area (Å²) in [6, 6.07) is 4.41. The van der Waals surface area contributed by atoms with Crippen LogP contribution in [0.1, 0.15) is 51.7 Å². The zero-order valence-electron chi connectivity index (χ0n) is 11.9. The van der Waals surface area contributed by atoms with Gasteiger partial charge >= 0.3 is 6.03 Å². The molecule has 0 aromatic carbocycles. The van der Waals surface area contributed by atoms with Crippen LogP contribution in [0.4, 0.5) is 4.79 Å². The van der Waals surface area contributed by atoms with Crippen LogP contribution in [-0.4, -0.2) is 23.0 Å². The van der Waals surface area contributed by atoms with Crippen molar-refractivity contribution < 1.29 is 9.21 Å². The lowest BCUT2D eigenvalue weighted by Gasteiger charge is -2.29. The van der Waals surface area contributed by atoms with Crippen molar-refractivity contribution in [3.8, 4) is 0 Å². The molecule has 0 aliphatic heterocycles. The summed E-state index contributed by atoms with van der Waals surface area (Å²) in [6.45, 7) is 4.69. The SMILES string of the molecule is CC[C@@H](C)NC(=O)N(Cc1ccco1)C1CCCC1. The highest BCUT2D eigenvalue weighted by Crippen LogP contribution is 2.25. The van der Waals surface area contributed by atoms with Crippen molar-refractivity contribution in [3.63, 3.8) is 0 Å². The molecule has 4 heteroatoms. The van der Waals surface area contributed by atoms with Crippen LogP contribution in [0.3, 0.4) is 0 Å². The minimum Gasteiger partial charge on any atom is -0.467 e. The number of rotatable bonds is 5. The van der Waals surface area contributed by atoms with Gasteiger partial charge in [0.05, 0.1) is 12.8 Å². The van der Waals surface area contributed by atoms with Gasteiger partial charge in [-0.05, 0) is 38.3 Å². The highest BCUT2D eigenvalue weighted by Gasteiger charge is 2.27. The minimum absolute atomic E-state index is 0.0395. The van der Waals surface area contributed by atoms with Gasteiger partial charge in [0.25, 0.3) is 0 Å². The number of hydrogen-bond acceptors (Lipinski definition) is 2. The molecule has 19 heavy (non-hydrogen) atoms. The van der Waals surface area contributed by atoms with E-state index in [9.17, 15) is 4.79 Å². The number of hydrogen-bond donors (Lipinski definition) is 1. The molecule has 1 N–H and O–H groups in total. The normalized spacial score (nSPS) is 17.4. The van der Waals surface area contributed by atoms with Crippen LogP contribution >= 0.6 is 0 Å². The van der Waals surface area contributed by atoms with Gasteiger partial charge in [-0.15, -0.1) is 0 Å². The molecule has 1 aliphatic carbocycles. The van der Waals surface area contributed by atoms with Gasteiger partial charge in [-0.1, -0.05) is 19.8 Å². The molecule has 0 unspecified atom stereocenters. The maximum Gasteiger partial charge on any atom is 0.318 e. The van der Waals surface area contributed by atoms with Crippen LogP contribution < -0.4 is 5.32 Å². The molecule has 1 aliphatic rings. The maximum absolute atomic E-state index is 12.4. The lowest BCUT2D eigenvalue weighted by molar-refractivity contribution is 0.162. The van der Waals surface area contributed by atoms with E-state index in [1.165, 1.54) is 12.8 Å². The van der Waals surface area contributed by atoms with Gasteiger partial charge in [-0.3, -0.25) is 0 Å². The molecule has 0 radical (unpaired) electrons. The average Bonchev–Trinajstić information content (AvgIpc) is 3.08. The molecule has 1 fully saturated rings. The highest BCUT2D eigenvalue weighted by molar-refractivity contribution is 5.74. The molecule has 1 saturated carbocycles. The fourth-order valence-corrected chi connectivity index (χ4v) is 2.55. The Bertz CT molecular complexity index is 383. The first-order valence-corrected chi connectivity index (χ1v) is 7.30. The van der Waals surface area contributed by atoms with E-state index >= 15 is 0 Å². The van der Waals surface area contributed by atoms with E-state index in [2.05, 4.69) is 12.2 Å². The maximum atomic E-state index is 12.4. The van der Waals surface area contributed by atoms with Gasteiger partial charge in [0.2, 0.25) is 0 Å². The van der Waals surface area contributed by atoms with E-state index in [0.717, 1.165) is 25.0 Å². The zero-order chi connectivity index (χ0) is 13.7. The van der Waals surface area contributed by atoms with Gasteiger partial charge < -0.3 is 14.6 Å². The lowest BCUT2D eigenvalue weighted by Crippen LogP contribution is -2.47. The standard InChI is InChI=1S/C15H24N2O2/c1-3-12(2)16-15(18)17(13-7-4-5-8-13)11-14-9-6-10-19-14/h6,9-10,12-13H,3-5,7-8,11H2,1-2H3,(H,16,18)/t12-/m1/s1. The van der Waals surface area contributed by atoms with Crippen LogP contribution in [0.2, 0.25) is 0 Å². The van der Waals surface area contributed by atoms with Gasteiger partial charge in [0, 0.05) is 12.1 Å². The van der Waals surface area contributed by atoms with Crippen molar-refractivity contribution in [2.24, 2.45) is 0 Å². The van der Waals surface area contributed by atoms with Crippen molar-refractivity contribution in [1.82, 2.24) is 10.2 Å². The average molecular weight is 264 g/mol. The van der Waals surface area contributed by atoms with Gasteiger partial charge in [-0.2, -0.15) is 0 Å². The number of furan rings is 1. The molecule has 0 spiro atoms. The van der Waals surface area contributed by atoms with Gasteiger partial charge in [-0.25, -0.2) is 4.79 Å². The number of nitrogens with zero attached hydrogens (tertiary/aromatic N) is 1. The molecule has 1 atom stereocenters. The molecule has 0 saturated heterocycles. The Hall–Kier alpha value is -1.45. The van der Waals surface area contributed by atoms with E-state index in [-0.39, 0.29) is 12.1 Å². The van der Waals surface area contributed by atoms with E-state index in [4.69, 9.17) is 4.42 Å². The second-order valence-corrected chi connectivity index (χ2v) is 5.40. The predicted molar refractivity (Wildman–Crippen MR) is 74.8 cm³/mol. The fraction of sp³-hybridized carbons (Fsp3) is 0.667. The Balaban J connectivity index is 2.02. The van der Waals surface area contributed by atoms with Gasteiger partial charge in [0.15, 0.2) is 0 Å². The smallest absolute Gasteiger partial charge is 0.318 e. The largest absolute Gasteiger partial charge is 0.467 e. The summed E-state index contributed by atoms with van der Waals surface area (Å²) < 4.78 is 5.38. The minimum atomic E-state index is 0.0395. The van der Waals surface area contributed by atoms with Crippen LogP contribution in [-0.2, 0) is 6.54 Å². The highest BCUT2D eigenvalue weighted by atomic mass is 16.3. The Kier molecular flexibility index (Phi) is 4.88. The third kappa shape index (κ3) is 3.75. The summed E-state index contributed by atoms with van der Waals surface area (Å²) in [6.07, 6.45) is 7.26. The van der Waals surface area contributed by atoms with Gasteiger partial charge in [0.1, 0.15) is 5.76 Å². The third-order valence-electron chi connectivity index (χ3n) is 3.91. The van der Waals surface area contributed by atoms with Crippen molar-refractivity contribution >= 4 is 6.03 Å². The summed E-state index contributed by atoms with van der Waals surface area (Å²) in [4.78, 5) is 14.3. The molecule has 1 heterocycles. The molecular formula is C15H24N2O2. The predicted octanol–water partition coefficient (Wildman–Crippen LogP) is 3.53. The molecule has 106 valence electrons. The second kappa shape index (κ2) is 6.64. The van der Waals surface area contributed by atoms with Crippen molar-refractivity contribution in [2.45, 2.75) is 64.6 Å². The van der Waals surface area contributed by atoms with E-state index in [1.54, 1.807) is 6.26 Å². The van der Waals surface area contributed by atoms with E-state index in [1.807, 2.05) is 24.0 Å². The Morgan fingerprint density at radius 2 is 2.26 bits per heavy atom. The summed E-state index contributed by atoms with van der Waals surface area (Å²) in [5.74, 6) is 0.853. The summed E-state index contributed by atoms with van der Waals surface area (Å²) in [5.41, 5.74) is 0. The van der Waals surface area contributed by atoms with Crippen molar-refractivity contribution in [1.29, 1.82) is 0 Å². The number of nitrogens with one attached hydrogen (secondary N) is 1. The lowest BCUT2D eigenvalue weighted by atomic mass is 10.2. The Morgan fingerprint density at radius 1 is 1.53 bits per heavy atom. The molecule has 0 bridgehead atoms. The first-order valence-electron chi connectivity index (χ1n) is 7.30. The first-order chi connectivity index (χ1) is 9.20. The number of amides is 2. The number of carbonyl (C=O) groups excluding carboxylic acids is 1.